The maximum atomic E-state index is 12.0. The molecule has 318 valence electrons. The van der Waals surface area contributed by atoms with E-state index in [0.29, 0.717) is 51.7 Å². The van der Waals surface area contributed by atoms with Gasteiger partial charge in [0.2, 0.25) is 0 Å². The number of carbonyl (C=O) groups is 1. The summed E-state index contributed by atoms with van der Waals surface area (Å²) in [6, 6.07) is 12.8. The minimum Gasteiger partial charge on any atom is -0.414 e. The molecular formula is C45H77NO8Si2. The summed E-state index contributed by atoms with van der Waals surface area (Å²) in [6.45, 7) is 33.7. The predicted molar refractivity (Wildman–Crippen MR) is 229 cm³/mol. The first kappa shape index (κ1) is 48.6. The van der Waals surface area contributed by atoms with Gasteiger partial charge in [-0.1, -0.05) is 84.9 Å². The van der Waals surface area contributed by atoms with E-state index in [1.807, 2.05) is 38.1 Å². The van der Waals surface area contributed by atoms with E-state index >= 15 is 0 Å². The van der Waals surface area contributed by atoms with E-state index in [9.17, 15) is 10.1 Å². The Balaban J connectivity index is 1.88. The zero-order chi connectivity index (χ0) is 42.2. The monoisotopic (exact) mass is 816 g/mol. The van der Waals surface area contributed by atoms with Gasteiger partial charge in [-0.25, -0.2) is 0 Å². The van der Waals surface area contributed by atoms with Gasteiger partial charge in [0, 0.05) is 44.6 Å². The van der Waals surface area contributed by atoms with Crippen LogP contribution in [0.25, 0.3) is 0 Å². The summed E-state index contributed by atoms with van der Waals surface area (Å²) in [6.07, 6.45) is 6.05. The van der Waals surface area contributed by atoms with E-state index in [2.05, 4.69) is 99.4 Å². The first-order valence-corrected chi connectivity index (χ1v) is 26.8. The SMILES string of the molecule is C=C[C@H]1[C@H](CC=O)O[C@@](C[C@H](CCC[C@]2(C#N)C[C@H]([C@H](CC)COCc3ccccc3)OC(C)(C)O2)O[Si](C)(C)C(C)(C)C)(OC)C[C@@H]1O[Si](C)(C)C(C)(C)C. The maximum absolute atomic E-state index is 12.0. The molecule has 0 saturated carbocycles. The fourth-order valence-corrected chi connectivity index (χ4v) is 10.4. The van der Waals surface area contributed by atoms with Crippen LogP contribution in [0, 0.1) is 23.2 Å². The minimum absolute atomic E-state index is 0.0102. The van der Waals surface area contributed by atoms with Gasteiger partial charge < -0.3 is 37.3 Å². The lowest BCUT2D eigenvalue weighted by Crippen LogP contribution is -2.58. The molecule has 2 saturated heterocycles. The second-order valence-corrected chi connectivity index (χ2v) is 29.4. The van der Waals surface area contributed by atoms with Gasteiger partial charge in [0.25, 0.3) is 0 Å². The van der Waals surface area contributed by atoms with Gasteiger partial charge in [0.05, 0.1) is 43.7 Å². The van der Waals surface area contributed by atoms with E-state index in [4.69, 9.17) is 32.5 Å². The van der Waals surface area contributed by atoms with Crippen LogP contribution in [0.15, 0.2) is 43.0 Å². The van der Waals surface area contributed by atoms with Crippen LogP contribution < -0.4 is 0 Å². The number of carbonyl (C=O) groups excluding carboxylic acids is 1. The zero-order valence-electron chi connectivity index (χ0n) is 37.5. The first-order chi connectivity index (χ1) is 25.9. The molecule has 1 aromatic carbocycles. The van der Waals surface area contributed by atoms with Gasteiger partial charge in [-0.05, 0) is 81.4 Å². The van der Waals surface area contributed by atoms with Gasteiger partial charge >= 0.3 is 0 Å². The number of nitrogens with zero attached hydrogens (tertiary/aromatic N) is 1. The third-order valence-electron chi connectivity index (χ3n) is 13.0. The lowest BCUT2D eigenvalue weighted by Gasteiger charge is -2.51. The van der Waals surface area contributed by atoms with Crippen molar-refractivity contribution in [2.45, 2.75) is 198 Å². The highest BCUT2D eigenvalue weighted by molar-refractivity contribution is 6.74. The molecule has 2 heterocycles. The van der Waals surface area contributed by atoms with Crippen LogP contribution >= 0.6 is 0 Å². The Morgan fingerprint density at radius 2 is 1.66 bits per heavy atom. The molecule has 1 aromatic rings. The second kappa shape index (κ2) is 19.6. The minimum atomic E-state index is -2.28. The lowest BCUT2D eigenvalue weighted by atomic mass is 9.82. The third-order valence-corrected chi connectivity index (χ3v) is 22.0. The summed E-state index contributed by atoms with van der Waals surface area (Å²) in [5, 5.41) is 10.8. The normalized spacial score (nSPS) is 28.6. The number of nitriles is 1. The Morgan fingerprint density at radius 3 is 2.20 bits per heavy atom. The molecule has 3 rings (SSSR count). The molecule has 0 bridgehead atoms. The van der Waals surface area contributed by atoms with Crippen LogP contribution in [0.2, 0.25) is 36.3 Å². The Hall–Kier alpha value is -1.73. The molecule has 0 spiro atoms. The average Bonchev–Trinajstić information content (AvgIpc) is 3.08. The highest BCUT2D eigenvalue weighted by atomic mass is 28.4. The standard InChI is InChI=1S/C45H77NO8Si2/c1-16-35(32-49-31-34-22-19-18-20-23-34)39-29-44(33-46,54-43(9,10)50-39)26-21-24-36(52-55(12,13)41(3,4)5)28-45(48-11)30-40(53-56(14,15)42(6,7)8)37(17-2)38(51-45)25-27-47/h17-20,22-23,27,35-40H,2,16,21,24-26,28-32H2,1,3-15H3/t35-,36+,37+,38+,39-,40+,44-,45-/m1/s1. The molecule has 0 radical (unpaired) electrons. The fourth-order valence-electron chi connectivity index (χ4n) is 7.67. The summed E-state index contributed by atoms with van der Waals surface area (Å²) >= 11 is 0. The lowest BCUT2D eigenvalue weighted by molar-refractivity contribution is -0.330. The molecular weight excluding hydrogens is 739 g/mol. The summed E-state index contributed by atoms with van der Waals surface area (Å²) in [7, 11) is -2.81. The van der Waals surface area contributed by atoms with Crippen molar-refractivity contribution in [3.05, 3.63) is 48.6 Å². The van der Waals surface area contributed by atoms with Gasteiger partial charge in [-0.2, -0.15) is 5.26 Å². The average molecular weight is 816 g/mol. The molecule has 11 heteroatoms. The van der Waals surface area contributed by atoms with E-state index in [1.54, 1.807) is 7.11 Å². The van der Waals surface area contributed by atoms with Crippen LogP contribution in [0.5, 0.6) is 0 Å². The molecule has 56 heavy (non-hydrogen) atoms. The number of hydrogen-bond donors (Lipinski definition) is 0. The van der Waals surface area contributed by atoms with Crippen LogP contribution in [-0.4, -0.2) is 78.2 Å². The summed E-state index contributed by atoms with van der Waals surface area (Å²) < 4.78 is 46.8. The maximum Gasteiger partial charge on any atom is 0.192 e. The number of ether oxygens (including phenoxy) is 5. The Bertz CT molecular complexity index is 1430. The number of methoxy groups -OCH3 is 1. The summed E-state index contributed by atoms with van der Waals surface area (Å²) in [5.74, 6) is -2.04. The van der Waals surface area contributed by atoms with E-state index in [1.165, 1.54) is 0 Å². The van der Waals surface area contributed by atoms with Gasteiger partial charge in [0.1, 0.15) is 6.29 Å². The second-order valence-electron chi connectivity index (χ2n) is 19.8. The van der Waals surface area contributed by atoms with E-state index in [0.717, 1.165) is 18.3 Å². The molecule has 0 amide bonds. The van der Waals surface area contributed by atoms with Gasteiger partial charge in [-0.15, -0.1) is 6.58 Å². The van der Waals surface area contributed by atoms with Gasteiger partial charge in [-0.3, -0.25) is 0 Å². The smallest absolute Gasteiger partial charge is 0.192 e. The van der Waals surface area contributed by atoms with Crippen molar-refractivity contribution in [2.24, 2.45) is 11.8 Å². The predicted octanol–water partition coefficient (Wildman–Crippen LogP) is 10.9. The third kappa shape index (κ3) is 12.9. The number of rotatable bonds is 20. The van der Waals surface area contributed by atoms with Crippen molar-refractivity contribution in [3.8, 4) is 6.07 Å². The van der Waals surface area contributed by atoms with E-state index < -0.39 is 39.9 Å². The van der Waals surface area contributed by atoms with Crippen molar-refractivity contribution in [2.75, 3.05) is 13.7 Å². The molecule has 2 aliphatic heterocycles. The zero-order valence-corrected chi connectivity index (χ0v) is 39.5. The van der Waals surface area contributed by atoms with Gasteiger partial charge in [0.15, 0.2) is 33.8 Å². The number of benzene rings is 1. The molecule has 2 fully saturated rings. The molecule has 0 unspecified atom stereocenters. The Kier molecular flexibility index (Phi) is 17.0. The molecule has 0 N–H and O–H groups in total. The highest BCUT2D eigenvalue weighted by Gasteiger charge is 2.53. The highest BCUT2D eigenvalue weighted by Crippen LogP contribution is 2.47. The Morgan fingerprint density at radius 1 is 1.02 bits per heavy atom. The van der Waals surface area contributed by atoms with Crippen molar-refractivity contribution < 1.29 is 37.3 Å². The van der Waals surface area contributed by atoms with Crippen LogP contribution in [0.1, 0.15) is 119 Å². The summed E-state index contributed by atoms with van der Waals surface area (Å²) in [4.78, 5) is 12.0. The van der Waals surface area contributed by atoms with Crippen molar-refractivity contribution >= 4 is 22.9 Å². The van der Waals surface area contributed by atoms with Crippen molar-refractivity contribution in [3.63, 3.8) is 0 Å². The number of aldehydes is 1. The molecule has 8 atom stereocenters. The van der Waals surface area contributed by atoms with Crippen LogP contribution in [0.3, 0.4) is 0 Å². The fraction of sp³-hybridized carbons (Fsp3) is 0.778. The number of hydrogen-bond acceptors (Lipinski definition) is 9. The molecule has 2 aliphatic rings. The van der Waals surface area contributed by atoms with Crippen LogP contribution in [-0.2, 0) is 43.9 Å². The first-order valence-electron chi connectivity index (χ1n) is 21.0. The quantitative estimate of drug-likeness (QED) is 0.0722. The van der Waals surface area contributed by atoms with E-state index in [-0.39, 0.29) is 46.6 Å². The molecule has 0 aliphatic carbocycles. The Labute approximate surface area is 342 Å². The topological polar surface area (TPSA) is 105 Å². The molecule has 9 nitrogen and oxygen atoms in total. The molecule has 0 aromatic heterocycles. The summed E-state index contributed by atoms with van der Waals surface area (Å²) in [5.41, 5.74) is 0.0961. The van der Waals surface area contributed by atoms with Crippen molar-refractivity contribution in [1.29, 1.82) is 5.26 Å². The largest absolute Gasteiger partial charge is 0.414 e. The van der Waals surface area contributed by atoms with Crippen molar-refractivity contribution in [1.82, 2.24) is 0 Å². The van der Waals surface area contributed by atoms with Crippen LogP contribution in [0.4, 0.5) is 0 Å².